The minimum atomic E-state index is 0.812. The molecule has 0 aromatic heterocycles. The van der Waals surface area contributed by atoms with E-state index in [1.165, 1.54) is 31.3 Å². The van der Waals surface area contributed by atoms with E-state index in [4.69, 9.17) is 0 Å². The highest BCUT2D eigenvalue weighted by Crippen LogP contribution is 2.29. The van der Waals surface area contributed by atoms with Crippen molar-refractivity contribution in [1.29, 1.82) is 0 Å². The summed E-state index contributed by atoms with van der Waals surface area (Å²) in [7, 11) is 0. The van der Waals surface area contributed by atoms with Gasteiger partial charge in [0.05, 0.1) is 0 Å². The van der Waals surface area contributed by atoms with Crippen molar-refractivity contribution in [3.8, 4) is 0 Å². The first-order chi connectivity index (χ1) is 5.20. The Labute approximate surface area is 82.9 Å². The molecule has 0 bridgehead atoms. The maximum atomic E-state index is 3.91. The standard InChI is InChI=1S/C10H15I/c1-8(2)6-7-9-4-3-5-10(9)11/h4,10H,1,3,5-7H2,2H3. The highest BCUT2D eigenvalue weighted by molar-refractivity contribution is 14.1. The Kier molecular flexibility index (Phi) is 3.63. The lowest BCUT2D eigenvalue weighted by molar-refractivity contribution is 0.871. The van der Waals surface area contributed by atoms with E-state index in [0.29, 0.717) is 0 Å². The summed E-state index contributed by atoms with van der Waals surface area (Å²) >= 11 is 2.54. The van der Waals surface area contributed by atoms with Crippen LogP contribution in [0.1, 0.15) is 32.6 Å². The van der Waals surface area contributed by atoms with E-state index in [9.17, 15) is 0 Å². The Hall–Kier alpha value is 0.210. The van der Waals surface area contributed by atoms with Gasteiger partial charge in [0.25, 0.3) is 0 Å². The molecule has 1 rings (SSSR count). The van der Waals surface area contributed by atoms with Crippen LogP contribution in [-0.4, -0.2) is 3.92 Å². The van der Waals surface area contributed by atoms with Gasteiger partial charge in [0, 0.05) is 3.92 Å². The first-order valence-electron chi connectivity index (χ1n) is 4.17. The Morgan fingerprint density at radius 1 is 1.82 bits per heavy atom. The molecule has 0 nitrogen and oxygen atoms in total. The van der Waals surface area contributed by atoms with Crippen LogP contribution in [0.2, 0.25) is 0 Å². The number of hydrogen-bond acceptors (Lipinski definition) is 0. The predicted octanol–water partition coefficient (Wildman–Crippen LogP) is 3.87. The molecule has 0 radical (unpaired) electrons. The third-order valence-electron chi connectivity index (χ3n) is 2.07. The molecule has 1 atom stereocenters. The van der Waals surface area contributed by atoms with Crippen LogP contribution in [0.15, 0.2) is 23.8 Å². The zero-order chi connectivity index (χ0) is 8.27. The quantitative estimate of drug-likeness (QED) is 0.411. The topological polar surface area (TPSA) is 0 Å². The molecular weight excluding hydrogens is 247 g/mol. The third kappa shape index (κ3) is 2.97. The smallest absolute Gasteiger partial charge is 0.0321 e. The normalized spacial score (nSPS) is 23.5. The summed E-state index contributed by atoms with van der Waals surface area (Å²) in [6.07, 6.45) is 7.46. The first-order valence-corrected chi connectivity index (χ1v) is 5.42. The van der Waals surface area contributed by atoms with Gasteiger partial charge in [-0.1, -0.05) is 39.8 Å². The lowest BCUT2D eigenvalue weighted by Crippen LogP contribution is -1.95. The molecule has 0 spiro atoms. The molecule has 1 heteroatoms. The highest BCUT2D eigenvalue weighted by Gasteiger charge is 2.14. The van der Waals surface area contributed by atoms with Crippen molar-refractivity contribution in [3.05, 3.63) is 23.8 Å². The van der Waals surface area contributed by atoms with E-state index in [-0.39, 0.29) is 0 Å². The van der Waals surface area contributed by atoms with Crippen LogP contribution in [0.3, 0.4) is 0 Å². The van der Waals surface area contributed by atoms with Gasteiger partial charge in [0.2, 0.25) is 0 Å². The lowest BCUT2D eigenvalue weighted by Gasteiger charge is -2.06. The Morgan fingerprint density at radius 3 is 3.00 bits per heavy atom. The average molecular weight is 262 g/mol. The van der Waals surface area contributed by atoms with Crippen molar-refractivity contribution in [1.82, 2.24) is 0 Å². The molecule has 0 amide bonds. The van der Waals surface area contributed by atoms with Crippen molar-refractivity contribution in [3.63, 3.8) is 0 Å². The van der Waals surface area contributed by atoms with E-state index in [1.54, 1.807) is 5.57 Å². The van der Waals surface area contributed by atoms with Crippen LogP contribution in [-0.2, 0) is 0 Å². The summed E-state index contributed by atoms with van der Waals surface area (Å²) in [5, 5.41) is 0. The number of rotatable bonds is 3. The van der Waals surface area contributed by atoms with Gasteiger partial charge in [-0.2, -0.15) is 0 Å². The second-order valence-corrected chi connectivity index (χ2v) is 4.78. The van der Waals surface area contributed by atoms with Crippen LogP contribution in [0.4, 0.5) is 0 Å². The Bertz CT molecular complexity index is 179. The first kappa shape index (κ1) is 9.30. The van der Waals surface area contributed by atoms with Crippen molar-refractivity contribution >= 4 is 22.6 Å². The van der Waals surface area contributed by atoms with E-state index < -0.39 is 0 Å². The molecule has 0 heterocycles. The van der Waals surface area contributed by atoms with E-state index in [0.717, 1.165) is 3.92 Å². The predicted molar refractivity (Wildman–Crippen MR) is 59.2 cm³/mol. The number of hydrogen-bond donors (Lipinski definition) is 0. The van der Waals surface area contributed by atoms with Gasteiger partial charge in [-0.05, 0) is 32.6 Å². The molecule has 0 aromatic rings. The minimum Gasteiger partial charge on any atom is -0.100 e. The molecule has 62 valence electrons. The van der Waals surface area contributed by atoms with Crippen LogP contribution in [0.25, 0.3) is 0 Å². The molecule has 1 aliphatic rings. The largest absolute Gasteiger partial charge is 0.100 e. The lowest BCUT2D eigenvalue weighted by atomic mass is 10.1. The van der Waals surface area contributed by atoms with Crippen molar-refractivity contribution < 1.29 is 0 Å². The molecule has 0 N–H and O–H groups in total. The number of alkyl halides is 1. The van der Waals surface area contributed by atoms with Gasteiger partial charge in [-0.15, -0.1) is 6.58 Å². The molecule has 0 saturated heterocycles. The van der Waals surface area contributed by atoms with Gasteiger partial charge in [0.1, 0.15) is 0 Å². The average Bonchev–Trinajstić information content (AvgIpc) is 2.31. The van der Waals surface area contributed by atoms with Gasteiger partial charge >= 0.3 is 0 Å². The summed E-state index contributed by atoms with van der Waals surface area (Å²) < 4.78 is 0.812. The number of allylic oxidation sites excluding steroid dienone is 3. The molecule has 0 fully saturated rings. The van der Waals surface area contributed by atoms with Crippen LogP contribution < -0.4 is 0 Å². The summed E-state index contributed by atoms with van der Waals surface area (Å²) in [4.78, 5) is 0. The molecule has 11 heavy (non-hydrogen) atoms. The van der Waals surface area contributed by atoms with Gasteiger partial charge in [-0.25, -0.2) is 0 Å². The molecule has 0 saturated carbocycles. The van der Waals surface area contributed by atoms with Crippen LogP contribution >= 0.6 is 22.6 Å². The zero-order valence-electron chi connectivity index (χ0n) is 7.07. The molecule has 0 aromatic carbocycles. The van der Waals surface area contributed by atoms with Crippen LogP contribution in [0, 0.1) is 0 Å². The zero-order valence-corrected chi connectivity index (χ0v) is 9.23. The number of halogens is 1. The fourth-order valence-electron chi connectivity index (χ4n) is 1.34. The van der Waals surface area contributed by atoms with E-state index >= 15 is 0 Å². The second kappa shape index (κ2) is 4.29. The molecular formula is C10H15I. The van der Waals surface area contributed by atoms with E-state index in [1.807, 2.05) is 0 Å². The molecule has 1 aliphatic carbocycles. The summed E-state index contributed by atoms with van der Waals surface area (Å²) in [5.41, 5.74) is 2.95. The van der Waals surface area contributed by atoms with Gasteiger partial charge < -0.3 is 0 Å². The Balaban J connectivity index is 2.31. The fraction of sp³-hybridized carbons (Fsp3) is 0.600. The maximum Gasteiger partial charge on any atom is 0.0321 e. The summed E-state index contributed by atoms with van der Waals surface area (Å²) in [6, 6.07) is 0. The van der Waals surface area contributed by atoms with Crippen molar-refractivity contribution in [2.75, 3.05) is 0 Å². The van der Waals surface area contributed by atoms with Gasteiger partial charge in [-0.3, -0.25) is 0 Å². The summed E-state index contributed by atoms with van der Waals surface area (Å²) in [5.74, 6) is 0. The molecule has 1 unspecified atom stereocenters. The third-order valence-corrected chi connectivity index (χ3v) is 3.49. The minimum absolute atomic E-state index is 0.812. The Morgan fingerprint density at radius 2 is 2.55 bits per heavy atom. The van der Waals surface area contributed by atoms with Crippen molar-refractivity contribution in [2.45, 2.75) is 36.5 Å². The fourth-order valence-corrected chi connectivity index (χ4v) is 2.27. The SMILES string of the molecule is C=C(C)CCC1=CCCC1I. The van der Waals surface area contributed by atoms with E-state index in [2.05, 4.69) is 42.2 Å². The van der Waals surface area contributed by atoms with Crippen molar-refractivity contribution in [2.24, 2.45) is 0 Å². The highest BCUT2D eigenvalue weighted by atomic mass is 127. The van der Waals surface area contributed by atoms with Crippen LogP contribution in [0.5, 0.6) is 0 Å². The maximum absolute atomic E-state index is 3.91. The molecule has 0 aliphatic heterocycles. The summed E-state index contributed by atoms with van der Waals surface area (Å²) in [6.45, 7) is 6.02. The monoisotopic (exact) mass is 262 g/mol. The van der Waals surface area contributed by atoms with Gasteiger partial charge in [0.15, 0.2) is 0 Å². The second-order valence-electron chi connectivity index (χ2n) is 3.28.